The summed E-state index contributed by atoms with van der Waals surface area (Å²) >= 11 is 0. The van der Waals surface area contributed by atoms with E-state index in [4.69, 9.17) is 0 Å². The molecule has 0 atom stereocenters. The van der Waals surface area contributed by atoms with Gasteiger partial charge in [0, 0.05) is 5.75 Å². The molecule has 1 rings (SSSR count). The van der Waals surface area contributed by atoms with Crippen molar-refractivity contribution in [2.24, 2.45) is 0 Å². The van der Waals surface area contributed by atoms with Crippen LogP contribution in [0.15, 0.2) is 11.5 Å². The Kier molecular flexibility index (Phi) is 6.22. The van der Waals surface area contributed by atoms with E-state index in [0.29, 0.717) is 0 Å². The van der Waals surface area contributed by atoms with E-state index in [1.165, 1.54) is 5.75 Å². The number of rotatable bonds is 0. The summed E-state index contributed by atoms with van der Waals surface area (Å²) in [7, 11) is 3.69. The summed E-state index contributed by atoms with van der Waals surface area (Å²) in [6, 6.07) is 0. The van der Waals surface area contributed by atoms with Crippen LogP contribution in [0, 0.1) is 0 Å². The molecule has 0 aromatic carbocycles. The fourth-order valence-electron chi connectivity index (χ4n) is 0.196. The Labute approximate surface area is 75.5 Å². The Morgan fingerprint density at radius 3 is 2.50 bits per heavy atom. The van der Waals surface area contributed by atoms with Crippen LogP contribution in [0.3, 0.4) is 0 Å². The van der Waals surface area contributed by atoms with Gasteiger partial charge in [-0.15, -0.1) is 0 Å². The van der Waals surface area contributed by atoms with Crippen molar-refractivity contribution in [2.45, 2.75) is 0 Å². The van der Waals surface area contributed by atoms with Crippen molar-refractivity contribution in [1.29, 1.82) is 0 Å². The molecule has 0 spiro atoms. The summed E-state index contributed by atoms with van der Waals surface area (Å²) in [4.78, 5) is 0. The van der Waals surface area contributed by atoms with Crippen molar-refractivity contribution in [2.75, 3.05) is 5.75 Å². The Balaban J connectivity index is 0.000000250. The molecule has 0 aliphatic carbocycles. The van der Waals surface area contributed by atoms with E-state index in [0.717, 1.165) is 0 Å². The summed E-state index contributed by atoms with van der Waals surface area (Å²) in [5.74, 6) is 1.20. The average molecular weight is 146 g/mol. The fraction of sp³-hybridized carbons (Fsp3) is 0.333. The number of hydrogen-bond acceptors (Lipinski definition) is 2. The van der Waals surface area contributed by atoms with Gasteiger partial charge in [-0.3, -0.25) is 0 Å². The molecule has 0 nitrogen and oxygen atoms in total. The molecule has 0 amide bonds. The van der Waals surface area contributed by atoms with E-state index < -0.39 is 0 Å². The molecule has 0 saturated carbocycles. The molecule has 0 fully saturated rings. The SMILES string of the molecule is C1=CSSC1.[CaH2]. The molecule has 1 aliphatic heterocycles. The first-order valence-corrected chi connectivity index (χ1v) is 3.81. The van der Waals surface area contributed by atoms with Crippen LogP contribution in [-0.4, -0.2) is 43.5 Å². The normalized spacial score (nSPS) is 17.3. The maximum atomic E-state index is 2.16. The Morgan fingerprint density at radius 1 is 1.50 bits per heavy atom. The second-order valence-electron chi connectivity index (χ2n) is 0.753. The molecule has 0 radical (unpaired) electrons. The Bertz CT molecular complexity index is 46.8. The summed E-state index contributed by atoms with van der Waals surface area (Å²) in [5.41, 5.74) is 0. The molecule has 1 heterocycles. The summed E-state index contributed by atoms with van der Waals surface area (Å²) in [5, 5.41) is 2.12. The Morgan fingerprint density at radius 2 is 2.33 bits per heavy atom. The van der Waals surface area contributed by atoms with Crippen LogP contribution in [0.1, 0.15) is 0 Å². The van der Waals surface area contributed by atoms with Crippen LogP contribution in [-0.2, 0) is 0 Å². The second-order valence-corrected chi connectivity index (χ2v) is 3.07. The van der Waals surface area contributed by atoms with Gasteiger partial charge in [0.25, 0.3) is 0 Å². The molecule has 3 heteroatoms. The van der Waals surface area contributed by atoms with Crippen molar-refractivity contribution >= 4 is 59.3 Å². The van der Waals surface area contributed by atoms with Gasteiger partial charge in [0.1, 0.15) is 0 Å². The first-order valence-electron chi connectivity index (χ1n) is 1.43. The predicted octanol–water partition coefficient (Wildman–Crippen LogP) is 0.979. The molecule has 0 N–H and O–H groups in total. The van der Waals surface area contributed by atoms with E-state index in [9.17, 15) is 0 Å². The van der Waals surface area contributed by atoms with Gasteiger partial charge < -0.3 is 0 Å². The quantitative estimate of drug-likeness (QED) is 0.369. The van der Waals surface area contributed by atoms with Gasteiger partial charge in [-0.1, -0.05) is 27.7 Å². The standard InChI is InChI=1S/C3H4S2.Ca.2H/c1-2-4-5-3-1;;;/h1-2H,3H2;;;. The van der Waals surface area contributed by atoms with Gasteiger partial charge in [0.15, 0.2) is 0 Å². The maximum absolute atomic E-state index is 2.16. The monoisotopic (exact) mass is 146 g/mol. The summed E-state index contributed by atoms with van der Waals surface area (Å²) in [6.07, 6.45) is 2.16. The van der Waals surface area contributed by atoms with Gasteiger partial charge in [0.05, 0.1) is 0 Å². The van der Waals surface area contributed by atoms with Crippen LogP contribution in [0.25, 0.3) is 0 Å². The fourth-order valence-corrected chi connectivity index (χ4v) is 1.77. The first kappa shape index (κ1) is 7.70. The van der Waals surface area contributed by atoms with Gasteiger partial charge >= 0.3 is 37.7 Å². The third kappa shape index (κ3) is 2.80. The van der Waals surface area contributed by atoms with E-state index in [-0.39, 0.29) is 37.7 Å². The topological polar surface area (TPSA) is 0 Å². The molecule has 0 unspecified atom stereocenters. The number of hydrogen-bond donors (Lipinski definition) is 0. The third-order valence-corrected chi connectivity index (χ3v) is 2.30. The zero-order chi connectivity index (χ0) is 3.54. The van der Waals surface area contributed by atoms with E-state index in [1.807, 2.05) is 21.6 Å². The van der Waals surface area contributed by atoms with Crippen LogP contribution >= 0.6 is 21.6 Å². The predicted molar refractivity (Wildman–Crippen MR) is 37.7 cm³/mol. The van der Waals surface area contributed by atoms with Gasteiger partial charge in [-0.25, -0.2) is 0 Å². The molecule has 32 valence electrons. The summed E-state index contributed by atoms with van der Waals surface area (Å²) < 4.78 is 0. The van der Waals surface area contributed by atoms with Crippen molar-refractivity contribution in [1.82, 2.24) is 0 Å². The molecule has 0 aromatic heterocycles. The molecular weight excluding hydrogens is 140 g/mol. The first-order chi connectivity index (χ1) is 2.50. The van der Waals surface area contributed by atoms with Crippen molar-refractivity contribution in [3.05, 3.63) is 11.5 Å². The molecule has 1 aliphatic rings. The minimum absolute atomic E-state index is 0. The second kappa shape index (κ2) is 4.85. The summed E-state index contributed by atoms with van der Waals surface area (Å²) in [6.45, 7) is 0. The Hall–Kier alpha value is 1.70. The van der Waals surface area contributed by atoms with Gasteiger partial charge in [-0.2, -0.15) is 0 Å². The molecule has 0 aromatic rings. The zero-order valence-electron chi connectivity index (χ0n) is 2.68. The van der Waals surface area contributed by atoms with Crippen molar-refractivity contribution < 1.29 is 0 Å². The van der Waals surface area contributed by atoms with Crippen LogP contribution in [0.2, 0.25) is 0 Å². The van der Waals surface area contributed by atoms with E-state index in [2.05, 4.69) is 11.5 Å². The van der Waals surface area contributed by atoms with Crippen LogP contribution < -0.4 is 0 Å². The van der Waals surface area contributed by atoms with Crippen LogP contribution in [0.5, 0.6) is 0 Å². The molecule has 0 saturated heterocycles. The third-order valence-electron chi connectivity index (χ3n) is 0.384. The van der Waals surface area contributed by atoms with E-state index in [1.54, 1.807) is 0 Å². The van der Waals surface area contributed by atoms with Gasteiger partial charge in [0.2, 0.25) is 0 Å². The zero-order valence-corrected chi connectivity index (χ0v) is 4.31. The van der Waals surface area contributed by atoms with Crippen molar-refractivity contribution in [3.63, 3.8) is 0 Å². The van der Waals surface area contributed by atoms with Crippen LogP contribution in [0.4, 0.5) is 0 Å². The minimum atomic E-state index is 0. The van der Waals surface area contributed by atoms with Crippen molar-refractivity contribution in [3.8, 4) is 0 Å². The van der Waals surface area contributed by atoms with Gasteiger partial charge in [-0.05, 0) is 5.41 Å². The molecular formula is C3H6CaS2. The average Bonchev–Trinajstić information content (AvgIpc) is 1.76. The van der Waals surface area contributed by atoms with E-state index >= 15 is 0 Å². The molecule has 6 heavy (non-hydrogen) atoms. The molecule has 0 bridgehead atoms.